The van der Waals surface area contributed by atoms with Crippen LogP contribution in [0.1, 0.15) is 62.4 Å². The molecule has 3 saturated carbocycles. The Morgan fingerprint density at radius 1 is 1.08 bits per heavy atom. The molecule has 2 N–H and O–H groups in total. The molecule has 3 aliphatic rings. The van der Waals surface area contributed by atoms with Crippen molar-refractivity contribution in [1.82, 2.24) is 20.6 Å². The van der Waals surface area contributed by atoms with Gasteiger partial charge in [-0.25, -0.2) is 9.97 Å². The second-order valence-electron chi connectivity index (χ2n) is 8.50. The molecule has 140 valence electrons. The molecule has 3 aliphatic carbocycles. The Labute approximate surface area is 154 Å². The highest BCUT2D eigenvalue weighted by Gasteiger charge is 2.42. The molecular weight excluding hydrogens is 328 g/mol. The summed E-state index contributed by atoms with van der Waals surface area (Å²) in [5, 5.41) is 6.35. The van der Waals surface area contributed by atoms with Crippen LogP contribution in [-0.4, -0.2) is 33.9 Å². The van der Waals surface area contributed by atoms with Crippen molar-refractivity contribution >= 4 is 11.8 Å². The van der Waals surface area contributed by atoms with Gasteiger partial charge in [-0.2, -0.15) is 0 Å². The molecule has 1 aromatic rings. The Kier molecular flexibility index (Phi) is 4.92. The summed E-state index contributed by atoms with van der Waals surface area (Å²) in [7, 11) is 0. The fourth-order valence-corrected chi connectivity index (χ4v) is 4.95. The van der Waals surface area contributed by atoms with Crippen LogP contribution < -0.4 is 10.6 Å². The first-order valence-corrected chi connectivity index (χ1v) is 9.94. The van der Waals surface area contributed by atoms with Crippen molar-refractivity contribution in [2.24, 2.45) is 23.7 Å². The van der Waals surface area contributed by atoms with Gasteiger partial charge in [0.1, 0.15) is 12.0 Å². The first-order chi connectivity index (χ1) is 12.6. The van der Waals surface area contributed by atoms with Crippen LogP contribution in [0.15, 0.2) is 18.6 Å². The standard InChI is InChI=1S/C20H28N4O2/c1-12-6-13(12)2-3-19(25)23-16-7-14-9-17(10-15(14)8-16)24-20(26)18-4-5-21-11-22-18/h4-5,11-17H,2-3,6-10H2,1H3,(H,23,25)(H,24,26)/t12-,13-,14-,15+,16?,17?/m1/s1. The van der Waals surface area contributed by atoms with Crippen LogP contribution in [-0.2, 0) is 4.79 Å². The second-order valence-corrected chi connectivity index (χ2v) is 8.50. The van der Waals surface area contributed by atoms with Crippen molar-refractivity contribution in [1.29, 1.82) is 0 Å². The van der Waals surface area contributed by atoms with Crippen LogP contribution in [0.2, 0.25) is 0 Å². The molecule has 0 radical (unpaired) electrons. The van der Waals surface area contributed by atoms with Crippen molar-refractivity contribution in [2.75, 3.05) is 0 Å². The molecule has 0 bridgehead atoms. The minimum absolute atomic E-state index is 0.114. The van der Waals surface area contributed by atoms with Gasteiger partial charge in [0.05, 0.1) is 0 Å². The second kappa shape index (κ2) is 7.33. The summed E-state index contributed by atoms with van der Waals surface area (Å²) >= 11 is 0. The van der Waals surface area contributed by atoms with Gasteiger partial charge < -0.3 is 10.6 Å². The van der Waals surface area contributed by atoms with Gasteiger partial charge in [-0.05, 0) is 68.3 Å². The number of amides is 2. The Balaban J connectivity index is 1.19. The van der Waals surface area contributed by atoms with Gasteiger partial charge in [-0.15, -0.1) is 0 Å². The molecular formula is C20H28N4O2. The van der Waals surface area contributed by atoms with E-state index in [2.05, 4.69) is 27.5 Å². The number of rotatable bonds is 6. The minimum atomic E-state index is -0.114. The number of hydrogen-bond donors (Lipinski definition) is 2. The van der Waals surface area contributed by atoms with Crippen LogP contribution in [0, 0.1) is 23.7 Å². The zero-order chi connectivity index (χ0) is 18.1. The summed E-state index contributed by atoms with van der Waals surface area (Å²) in [5.41, 5.74) is 0.423. The lowest BCUT2D eigenvalue weighted by atomic mass is 10.0. The van der Waals surface area contributed by atoms with E-state index in [0.29, 0.717) is 30.0 Å². The van der Waals surface area contributed by atoms with Gasteiger partial charge >= 0.3 is 0 Å². The SMILES string of the molecule is C[C@@H]1C[C@H]1CCC(=O)NC1C[C@@H]2CC(NC(=O)c3ccncn3)C[C@@H]2C1. The molecule has 2 amide bonds. The summed E-state index contributed by atoms with van der Waals surface area (Å²) < 4.78 is 0. The van der Waals surface area contributed by atoms with E-state index < -0.39 is 0 Å². The molecule has 0 spiro atoms. The van der Waals surface area contributed by atoms with Gasteiger partial charge in [0, 0.05) is 24.7 Å². The third-order valence-electron chi connectivity index (χ3n) is 6.55. The molecule has 2 unspecified atom stereocenters. The fraction of sp³-hybridized carbons (Fsp3) is 0.700. The smallest absolute Gasteiger partial charge is 0.270 e. The maximum atomic E-state index is 12.2. The largest absolute Gasteiger partial charge is 0.353 e. The van der Waals surface area contributed by atoms with Crippen LogP contribution in [0.25, 0.3) is 0 Å². The predicted molar refractivity (Wildman–Crippen MR) is 97.2 cm³/mol. The predicted octanol–water partition coefficient (Wildman–Crippen LogP) is 2.32. The van der Waals surface area contributed by atoms with Gasteiger partial charge in [-0.1, -0.05) is 6.92 Å². The summed E-state index contributed by atoms with van der Waals surface area (Å²) in [6, 6.07) is 2.19. The first kappa shape index (κ1) is 17.4. The van der Waals surface area contributed by atoms with Crippen molar-refractivity contribution in [2.45, 2.75) is 64.0 Å². The fourth-order valence-electron chi connectivity index (χ4n) is 4.95. The molecule has 26 heavy (non-hydrogen) atoms. The number of aromatic nitrogens is 2. The lowest BCUT2D eigenvalue weighted by Gasteiger charge is -2.17. The van der Waals surface area contributed by atoms with E-state index in [1.165, 1.54) is 12.7 Å². The minimum Gasteiger partial charge on any atom is -0.353 e. The highest BCUT2D eigenvalue weighted by atomic mass is 16.2. The lowest BCUT2D eigenvalue weighted by Crippen LogP contribution is -2.36. The van der Waals surface area contributed by atoms with Crippen molar-refractivity contribution in [3.63, 3.8) is 0 Å². The number of hydrogen-bond acceptors (Lipinski definition) is 4. The highest BCUT2D eigenvalue weighted by molar-refractivity contribution is 5.92. The zero-order valence-corrected chi connectivity index (χ0v) is 15.4. The number of carbonyl (C=O) groups excluding carboxylic acids is 2. The Hall–Kier alpha value is -1.98. The third kappa shape index (κ3) is 4.05. The number of nitrogens with zero attached hydrogens (tertiary/aromatic N) is 2. The Bertz CT molecular complexity index is 651. The van der Waals surface area contributed by atoms with Crippen LogP contribution in [0.4, 0.5) is 0 Å². The topological polar surface area (TPSA) is 84.0 Å². The van der Waals surface area contributed by atoms with E-state index in [1.807, 2.05) is 0 Å². The molecule has 6 nitrogen and oxygen atoms in total. The van der Waals surface area contributed by atoms with Gasteiger partial charge in [0.2, 0.25) is 5.91 Å². The van der Waals surface area contributed by atoms with Crippen LogP contribution in [0.3, 0.4) is 0 Å². The molecule has 3 fully saturated rings. The van der Waals surface area contributed by atoms with E-state index in [0.717, 1.165) is 43.9 Å². The summed E-state index contributed by atoms with van der Waals surface area (Å²) in [4.78, 5) is 32.2. The normalized spacial score (nSPS) is 35.0. The van der Waals surface area contributed by atoms with E-state index in [9.17, 15) is 9.59 Å². The average Bonchev–Trinajstić information content (AvgIpc) is 3.02. The molecule has 0 saturated heterocycles. The number of fused-ring (bicyclic) bond motifs is 1. The molecule has 1 heterocycles. The summed E-state index contributed by atoms with van der Waals surface area (Å²) in [5.74, 6) is 2.93. The van der Waals surface area contributed by atoms with Gasteiger partial charge in [-0.3, -0.25) is 9.59 Å². The molecule has 0 aromatic carbocycles. The Morgan fingerprint density at radius 3 is 2.31 bits per heavy atom. The summed E-state index contributed by atoms with van der Waals surface area (Å²) in [6.07, 6.45) is 10.1. The Morgan fingerprint density at radius 2 is 1.73 bits per heavy atom. The maximum Gasteiger partial charge on any atom is 0.270 e. The monoisotopic (exact) mass is 356 g/mol. The summed E-state index contributed by atoms with van der Waals surface area (Å²) in [6.45, 7) is 2.26. The zero-order valence-electron chi connectivity index (χ0n) is 15.4. The van der Waals surface area contributed by atoms with Crippen molar-refractivity contribution in [3.05, 3.63) is 24.3 Å². The van der Waals surface area contributed by atoms with Crippen molar-refractivity contribution in [3.8, 4) is 0 Å². The van der Waals surface area contributed by atoms with Gasteiger partial charge in [0.25, 0.3) is 5.91 Å². The maximum absolute atomic E-state index is 12.2. The van der Waals surface area contributed by atoms with Crippen molar-refractivity contribution < 1.29 is 9.59 Å². The van der Waals surface area contributed by atoms with E-state index in [4.69, 9.17) is 0 Å². The van der Waals surface area contributed by atoms with E-state index in [1.54, 1.807) is 12.3 Å². The van der Waals surface area contributed by atoms with E-state index >= 15 is 0 Å². The number of carbonyl (C=O) groups is 2. The third-order valence-corrected chi connectivity index (χ3v) is 6.55. The lowest BCUT2D eigenvalue weighted by molar-refractivity contribution is -0.122. The molecule has 6 heteroatoms. The highest BCUT2D eigenvalue weighted by Crippen LogP contribution is 2.44. The average molecular weight is 356 g/mol. The number of nitrogens with one attached hydrogen (secondary N) is 2. The molecule has 0 aliphatic heterocycles. The van der Waals surface area contributed by atoms with Crippen LogP contribution in [0.5, 0.6) is 0 Å². The molecule has 6 atom stereocenters. The molecule has 4 rings (SSSR count). The van der Waals surface area contributed by atoms with E-state index in [-0.39, 0.29) is 17.9 Å². The van der Waals surface area contributed by atoms with Gasteiger partial charge in [0.15, 0.2) is 0 Å². The first-order valence-electron chi connectivity index (χ1n) is 9.94. The quantitative estimate of drug-likeness (QED) is 0.819. The molecule has 1 aromatic heterocycles. The van der Waals surface area contributed by atoms with Crippen LogP contribution >= 0.6 is 0 Å².